The van der Waals surface area contributed by atoms with Crippen LogP contribution in [0.2, 0.25) is 0 Å². The lowest BCUT2D eigenvalue weighted by molar-refractivity contribution is -0.101. The lowest BCUT2D eigenvalue weighted by Crippen LogP contribution is -2.52. The van der Waals surface area contributed by atoms with Crippen molar-refractivity contribution in [2.45, 2.75) is 54.7 Å². The lowest BCUT2D eigenvalue weighted by Gasteiger charge is -2.43. The Kier molecular flexibility index (Phi) is 5.24. The van der Waals surface area contributed by atoms with Crippen LogP contribution >= 0.6 is 23.5 Å². The highest BCUT2D eigenvalue weighted by atomic mass is 32.2. The van der Waals surface area contributed by atoms with Gasteiger partial charge in [-0.25, -0.2) is 0 Å². The summed E-state index contributed by atoms with van der Waals surface area (Å²) >= 11 is 4.24. The maximum absolute atomic E-state index is 6.71. The Hall–Kier alpha value is 0.580. The average Bonchev–Trinajstić information content (AvgIpc) is 2.94. The van der Waals surface area contributed by atoms with Gasteiger partial charge in [0, 0.05) is 47.7 Å². The molecule has 0 saturated carbocycles. The van der Waals surface area contributed by atoms with Crippen LogP contribution in [-0.4, -0.2) is 53.5 Å². The van der Waals surface area contributed by atoms with Gasteiger partial charge in [0.15, 0.2) is 0 Å². The van der Waals surface area contributed by atoms with Crippen molar-refractivity contribution in [2.24, 2.45) is 11.7 Å². The highest BCUT2D eigenvalue weighted by Gasteiger charge is 2.44. The van der Waals surface area contributed by atoms with Gasteiger partial charge in [-0.05, 0) is 25.2 Å². The fourth-order valence-electron chi connectivity index (χ4n) is 3.82. The normalized spacial score (nSPS) is 43.8. The maximum atomic E-state index is 6.71. The van der Waals surface area contributed by atoms with Crippen LogP contribution in [-0.2, 0) is 9.47 Å². The summed E-state index contributed by atoms with van der Waals surface area (Å²) in [6, 6.07) is 0.319. The molecule has 2 N–H and O–H groups in total. The van der Waals surface area contributed by atoms with Gasteiger partial charge in [-0.2, -0.15) is 23.5 Å². The van der Waals surface area contributed by atoms with E-state index in [-0.39, 0.29) is 5.60 Å². The molecule has 116 valence electrons. The second kappa shape index (κ2) is 6.78. The molecule has 0 bridgehead atoms. The van der Waals surface area contributed by atoms with Crippen LogP contribution < -0.4 is 5.73 Å². The van der Waals surface area contributed by atoms with Gasteiger partial charge in [0.25, 0.3) is 0 Å². The molecule has 3 nitrogen and oxygen atoms in total. The zero-order chi connectivity index (χ0) is 14.0. The first kappa shape index (κ1) is 15.5. The van der Waals surface area contributed by atoms with Crippen LogP contribution in [0, 0.1) is 5.92 Å². The number of nitrogens with two attached hydrogens (primary N) is 1. The minimum absolute atomic E-state index is 0.00523. The van der Waals surface area contributed by atoms with Crippen molar-refractivity contribution >= 4 is 23.5 Å². The van der Waals surface area contributed by atoms with Crippen LogP contribution in [0.15, 0.2) is 0 Å². The van der Waals surface area contributed by atoms with E-state index in [0.717, 1.165) is 44.3 Å². The van der Waals surface area contributed by atoms with Crippen molar-refractivity contribution in [2.75, 3.05) is 31.3 Å². The van der Waals surface area contributed by atoms with Crippen LogP contribution in [0.25, 0.3) is 0 Å². The molecule has 0 aromatic heterocycles. The fraction of sp³-hybridized carbons (Fsp3) is 1.00. The number of hydrogen-bond donors (Lipinski definition) is 1. The smallest absolute Gasteiger partial charge is 0.0939 e. The number of ether oxygens (including phenoxy) is 2. The standard InChI is InChI=1S/C15H27NO2S2/c1-2-12-14(20-8-7-19-12)13(16)11-3-5-18-15(9-11)4-6-17-10-15/h11-14H,2-10,16H2,1H3. The van der Waals surface area contributed by atoms with Crippen molar-refractivity contribution in [3.8, 4) is 0 Å². The van der Waals surface area contributed by atoms with E-state index in [0.29, 0.717) is 17.2 Å². The molecule has 5 heteroatoms. The Labute approximate surface area is 131 Å². The highest BCUT2D eigenvalue weighted by molar-refractivity contribution is 8.07. The van der Waals surface area contributed by atoms with Gasteiger partial charge >= 0.3 is 0 Å². The van der Waals surface area contributed by atoms with Crippen molar-refractivity contribution in [3.05, 3.63) is 0 Å². The van der Waals surface area contributed by atoms with E-state index in [4.69, 9.17) is 15.2 Å². The Bertz CT molecular complexity index is 323. The molecular formula is C15H27NO2S2. The molecule has 1 spiro atoms. The molecular weight excluding hydrogens is 290 g/mol. The molecule has 0 amide bonds. The molecule has 3 aliphatic rings. The van der Waals surface area contributed by atoms with Gasteiger partial charge in [-0.3, -0.25) is 0 Å². The maximum Gasteiger partial charge on any atom is 0.0939 e. The summed E-state index contributed by atoms with van der Waals surface area (Å²) in [5.41, 5.74) is 6.70. The highest BCUT2D eigenvalue weighted by Crippen LogP contribution is 2.42. The summed E-state index contributed by atoms with van der Waals surface area (Å²) in [5.74, 6) is 3.16. The van der Waals surface area contributed by atoms with Gasteiger partial charge in [0.05, 0.1) is 12.2 Å². The van der Waals surface area contributed by atoms with Gasteiger partial charge in [0.1, 0.15) is 0 Å². The van der Waals surface area contributed by atoms with Gasteiger partial charge in [0.2, 0.25) is 0 Å². The SMILES string of the molecule is CCC1SCCSC1C(N)C1CCOC2(CCOC2)C1. The van der Waals surface area contributed by atoms with Gasteiger partial charge in [-0.15, -0.1) is 0 Å². The molecule has 3 aliphatic heterocycles. The first-order chi connectivity index (χ1) is 9.74. The molecule has 5 unspecified atom stereocenters. The number of hydrogen-bond acceptors (Lipinski definition) is 5. The lowest BCUT2D eigenvalue weighted by atomic mass is 9.80. The molecule has 3 rings (SSSR count). The third-order valence-corrected chi connectivity index (χ3v) is 8.41. The Morgan fingerprint density at radius 2 is 2.15 bits per heavy atom. The number of thioether (sulfide) groups is 2. The van der Waals surface area contributed by atoms with E-state index in [1.54, 1.807) is 0 Å². The van der Waals surface area contributed by atoms with E-state index >= 15 is 0 Å². The Morgan fingerprint density at radius 1 is 1.30 bits per heavy atom. The zero-order valence-corrected chi connectivity index (χ0v) is 14.0. The van der Waals surface area contributed by atoms with E-state index in [1.165, 1.54) is 17.9 Å². The second-order valence-corrected chi connectivity index (χ2v) is 8.95. The molecule has 20 heavy (non-hydrogen) atoms. The molecule has 0 aromatic rings. The minimum Gasteiger partial charge on any atom is -0.378 e. The summed E-state index contributed by atoms with van der Waals surface area (Å²) < 4.78 is 11.6. The zero-order valence-electron chi connectivity index (χ0n) is 12.4. The Balaban J connectivity index is 1.64. The predicted octanol–water partition coefficient (Wildman–Crippen LogP) is 2.53. The first-order valence-electron chi connectivity index (χ1n) is 7.94. The van der Waals surface area contributed by atoms with Crippen molar-refractivity contribution < 1.29 is 9.47 Å². The van der Waals surface area contributed by atoms with Crippen molar-refractivity contribution in [1.82, 2.24) is 0 Å². The van der Waals surface area contributed by atoms with Gasteiger partial charge < -0.3 is 15.2 Å². The van der Waals surface area contributed by atoms with E-state index in [9.17, 15) is 0 Å². The predicted molar refractivity (Wildman–Crippen MR) is 87.6 cm³/mol. The average molecular weight is 318 g/mol. The fourth-order valence-corrected chi connectivity index (χ4v) is 7.10. The van der Waals surface area contributed by atoms with E-state index in [2.05, 4.69) is 30.4 Å². The summed E-state index contributed by atoms with van der Waals surface area (Å²) in [5, 5.41) is 1.36. The molecule has 3 saturated heterocycles. The van der Waals surface area contributed by atoms with Crippen LogP contribution in [0.1, 0.15) is 32.6 Å². The summed E-state index contributed by atoms with van der Waals surface area (Å²) in [7, 11) is 0. The van der Waals surface area contributed by atoms with Crippen molar-refractivity contribution in [1.29, 1.82) is 0 Å². The van der Waals surface area contributed by atoms with Crippen molar-refractivity contribution in [3.63, 3.8) is 0 Å². The summed E-state index contributed by atoms with van der Waals surface area (Å²) in [6.07, 6.45) is 4.53. The van der Waals surface area contributed by atoms with Crippen LogP contribution in [0.5, 0.6) is 0 Å². The van der Waals surface area contributed by atoms with Crippen LogP contribution in [0.3, 0.4) is 0 Å². The monoisotopic (exact) mass is 317 g/mol. The van der Waals surface area contributed by atoms with Crippen LogP contribution in [0.4, 0.5) is 0 Å². The minimum atomic E-state index is -0.00523. The molecule has 0 aromatic carbocycles. The third-order valence-electron chi connectivity index (χ3n) is 5.02. The molecule has 0 aliphatic carbocycles. The molecule has 3 heterocycles. The molecule has 5 atom stereocenters. The molecule has 0 radical (unpaired) electrons. The largest absolute Gasteiger partial charge is 0.378 e. The second-order valence-electron chi connectivity index (χ2n) is 6.32. The topological polar surface area (TPSA) is 44.5 Å². The third kappa shape index (κ3) is 3.17. The van der Waals surface area contributed by atoms with E-state index in [1.807, 2.05) is 0 Å². The van der Waals surface area contributed by atoms with Gasteiger partial charge in [-0.1, -0.05) is 6.92 Å². The molecule has 3 fully saturated rings. The first-order valence-corrected chi connectivity index (χ1v) is 10.0. The number of rotatable bonds is 3. The summed E-state index contributed by atoms with van der Waals surface area (Å²) in [6.45, 7) is 4.80. The quantitative estimate of drug-likeness (QED) is 0.866. The summed E-state index contributed by atoms with van der Waals surface area (Å²) in [4.78, 5) is 0. The Morgan fingerprint density at radius 3 is 2.90 bits per heavy atom. The van der Waals surface area contributed by atoms with E-state index < -0.39 is 0 Å².